The molecule has 0 aliphatic carbocycles. The van der Waals surface area contributed by atoms with Gasteiger partial charge in [-0.05, 0) is 42.3 Å². The molecule has 4 heteroatoms. The Bertz CT molecular complexity index is 586. The largest absolute Gasteiger partial charge is 0.495 e. The highest BCUT2D eigenvalue weighted by atomic mass is 79.9. The topological polar surface area (TPSA) is 21.3 Å². The molecular formula is C15H15BrClNO. The summed E-state index contributed by atoms with van der Waals surface area (Å²) in [6.07, 6.45) is 0. The number of hydrogen-bond acceptors (Lipinski definition) is 2. The van der Waals surface area contributed by atoms with Gasteiger partial charge in [0.05, 0.1) is 12.8 Å². The Morgan fingerprint density at radius 1 is 1.21 bits per heavy atom. The molecule has 0 aliphatic rings. The minimum absolute atomic E-state index is 0.659. The van der Waals surface area contributed by atoms with Gasteiger partial charge in [0, 0.05) is 16.0 Å². The standard InChI is InChI=1S/C15H15BrClNO/c1-10-3-4-11(13(17)7-10)9-18-14-8-12(16)5-6-15(14)19-2/h3-8,18H,9H2,1-2H3. The lowest BCUT2D eigenvalue weighted by Crippen LogP contribution is -2.02. The van der Waals surface area contributed by atoms with Crippen LogP contribution in [-0.4, -0.2) is 7.11 Å². The third-order valence-electron chi connectivity index (χ3n) is 2.84. The first-order chi connectivity index (χ1) is 9.10. The minimum Gasteiger partial charge on any atom is -0.495 e. The summed E-state index contributed by atoms with van der Waals surface area (Å²) in [5.74, 6) is 0.812. The molecule has 2 aromatic carbocycles. The Hall–Kier alpha value is -1.19. The summed E-state index contributed by atoms with van der Waals surface area (Å²) in [6, 6.07) is 11.9. The van der Waals surface area contributed by atoms with E-state index in [2.05, 4.69) is 27.3 Å². The van der Waals surface area contributed by atoms with Gasteiger partial charge in [0.25, 0.3) is 0 Å². The van der Waals surface area contributed by atoms with Gasteiger partial charge in [-0.15, -0.1) is 0 Å². The molecule has 0 saturated heterocycles. The molecule has 2 nitrogen and oxygen atoms in total. The number of aryl methyl sites for hydroxylation is 1. The van der Waals surface area contributed by atoms with Crippen LogP contribution in [-0.2, 0) is 6.54 Å². The predicted molar refractivity (Wildman–Crippen MR) is 84.2 cm³/mol. The number of methoxy groups -OCH3 is 1. The van der Waals surface area contributed by atoms with Gasteiger partial charge >= 0.3 is 0 Å². The maximum absolute atomic E-state index is 6.22. The second-order valence-corrected chi connectivity index (χ2v) is 5.62. The normalized spacial score (nSPS) is 10.3. The van der Waals surface area contributed by atoms with Crippen molar-refractivity contribution in [2.24, 2.45) is 0 Å². The average Bonchev–Trinajstić information content (AvgIpc) is 2.38. The molecule has 0 bridgehead atoms. The average molecular weight is 341 g/mol. The van der Waals surface area contributed by atoms with Crippen molar-refractivity contribution in [2.75, 3.05) is 12.4 Å². The zero-order chi connectivity index (χ0) is 13.8. The molecule has 0 amide bonds. The monoisotopic (exact) mass is 339 g/mol. The van der Waals surface area contributed by atoms with Crippen molar-refractivity contribution in [3.8, 4) is 5.75 Å². The van der Waals surface area contributed by atoms with E-state index in [1.165, 1.54) is 0 Å². The van der Waals surface area contributed by atoms with Crippen LogP contribution in [0.15, 0.2) is 40.9 Å². The molecule has 0 atom stereocenters. The maximum atomic E-state index is 6.22. The van der Waals surface area contributed by atoms with Gasteiger partial charge < -0.3 is 10.1 Å². The third kappa shape index (κ3) is 3.64. The lowest BCUT2D eigenvalue weighted by molar-refractivity contribution is 0.416. The lowest BCUT2D eigenvalue weighted by Gasteiger charge is -2.12. The molecule has 0 fully saturated rings. The third-order valence-corrected chi connectivity index (χ3v) is 3.68. The van der Waals surface area contributed by atoms with Gasteiger partial charge in [-0.25, -0.2) is 0 Å². The summed E-state index contributed by atoms with van der Waals surface area (Å²) in [7, 11) is 1.66. The van der Waals surface area contributed by atoms with Crippen molar-refractivity contribution in [2.45, 2.75) is 13.5 Å². The number of ether oxygens (including phenoxy) is 1. The van der Waals surface area contributed by atoms with Gasteiger partial charge in [-0.1, -0.05) is 39.7 Å². The van der Waals surface area contributed by atoms with E-state index in [1.54, 1.807) is 7.11 Å². The Morgan fingerprint density at radius 2 is 2.00 bits per heavy atom. The van der Waals surface area contributed by atoms with E-state index in [0.29, 0.717) is 6.54 Å². The van der Waals surface area contributed by atoms with Crippen LogP contribution >= 0.6 is 27.5 Å². The van der Waals surface area contributed by atoms with E-state index in [-0.39, 0.29) is 0 Å². The van der Waals surface area contributed by atoms with Gasteiger partial charge in [0.2, 0.25) is 0 Å². The predicted octanol–water partition coefficient (Wildman–Crippen LogP) is 5.03. The van der Waals surface area contributed by atoms with E-state index in [0.717, 1.165) is 32.1 Å². The number of anilines is 1. The molecule has 100 valence electrons. The lowest BCUT2D eigenvalue weighted by atomic mass is 10.1. The zero-order valence-electron chi connectivity index (χ0n) is 10.8. The summed E-state index contributed by atoms with van der Waals surface area (Å²) in [5, 5.41) is 4.12. The van der Waals surface area contributed by atoms with E-state index < -0.39 is 0 Å². The maximum Gasteiger partial charge on any atom is 0.142 e. The van der Waals surface area contributed by atoms with Crippen molar-refractivity contribution < 1.29 is 4.74 Å². The summed E-state index contributed by atoms with van der Waals surface area (Å²) in [5.41, 5.74) is 3.16. The molecule has 1 N–H and O–H groups in total. The minimum atomic E-state index is 0.659. The van der Waals surface area contributed by atoms with Gasteiger partial charge in [-0.3, -0.25) is 0 Å². The van der Waals surface area contributed by atoms with Gasteiger partial charge in [-0.2, -0.15) is 0 Å². The highest BCUT2D eigenvalue weighted by molar-refractivity contribution is 9.10. The van der Waals surface area contributed by atoms with E-state index in [4.69, 9.17) is 16.3 Å². The molecular weight excluding hydrogens is 326 g/mol. The second kappa shape index (κ2) is 6.31. The summed E-state index contributed by atoms with van der Waals surface area (Å²) in [6.45, 7) is 2.69. The first kappa shape index (κ1) is 14.2. The second-order valence-electron chi connectivity index (χ2n) is 4.29. The van der Waals surface area contributed by atoms with Gasteiger partial charge in [0.15, 0.2) is 0 Å². The van der Waals surface area contributed by atoms with Crippen molar-refractivity contribution in [3.63, 3.8) is 0 Å². The van der Waals surface area contributed by atoms with E-state index in [1.807, 2.05) is 37.3 Å². The van der Waals surface area contributed by atoms with E-state index in [9.17, 15) is 0 Å². The molecule has 0 heterocycles. The van der Waals surface area contributed by atoms with Crippen LogP contribution in [0.3, 0.4) is 0 Å². The molecule has 0 saturated carbocycles. The highest BCUT2D eigenvalue weighted by Gasteiger charge is 2.05. The number of rotatable bonds is 4. The van der Waals surface area contributed by atoms with Crippen LogP contribution in [0.4, 0.5) is 5.69 Å². The molecule has 2 aromatic rings. The fourth-order valence-electron chi connectivity index (χ4n) is 1.80. The van der Waals surface area contributed by atoms with E-state index >= 15 is 0 Å². The smallest absolute Gasteiger partial charge is 0.142 e. The quantitative estimate of drug-likeness (QED) is 0.842. The van der Waals surface area contributed by atoms with Crippen LogP contribution in [0.2, 0.25) is 5.02 Å². The molecule has 0 aliphatic heterocycles. The van der Waals surface area contributed by atoms with Crippen LogP contribution in [0, 0.1) is 6.92 Å². The van der Waals surface area contributed by atoms with Crippen LogP contribution in [0.25, 0.3) is 0 Å². The Kier molecular flexibility index (Phi) is 4.72. The van der Waals surface area contributed by atoms with Crippen LogP contribution in [0.5, 0.6) is 5.75 Å². The number of nitrogens with one attached hydrogen (secondary N) is 1. The first-order valence-corrected chi connectivity index (χ1v) is 7.09. The molecule has 0 radical (unpaired) electrons. The Balaban J connectivity index is 2.16. The van der Waals surface area contributed by atoms with Crippen molar-refractivity contribution in [1.29, 1.82) is 0 Å². The SMILES string of the molecule is COc1ccc(Br)cc1NCc1ccc(C)cc1Cl. The Labute approximate surface area is 126 Å². The molecule has 0 spiro atoms. The van der Waals surface area contributed by atoms with Crippen molar-refractivity contribution in [3.05, 3.63) is 57.0 Å². The molecule has 0 aromatic heterocycles. The molecule has 0 unspecified atom stereocenters. The fraction of sp³-hybridized carbons (Fsp3) is 0.200. The highest BCUT2D eigenvalue weighted by Crippen LogP contribution is 2.29. The van der Waals surface area contributed by atoms with Crippen molar-refractivity contribution >= 4 is 33.2 Å². The van der Waals surface area contributed by atoms with Crippen LogP contribution in [0.1, 0.15) is 11.1 Å². The first-order valence-electron chi connectivity index (χ1n) is 5.92. The summed E-state index contributed by atoms with van der Waals surface area (Å²) < 4.78 is 6.33. The number of halogens is 2. The molecule has 19 heavy (non-hydrogen) atoms. The summed E-state index contributed by atoms with van der Waals surface area (Å²) in [4.78, 5) is 0. The van der Waals surface area contributed by atoms with Crippen molar-refractivity contribution in [1.82, 2.24) is 0 Å². The van der Waals surface area contributed by atoms with Gasteiger partial charge in [0.1, 0.15) is 5.75 Å². The number of benzene rings is 2. The number of hydrogen-bond donors (Lipinski definition) is 1. The Morgan fingerprint density at radius 3 is 2.68 bits per heavy atom. The van der Waals surface area contributed by atoms with Crippen LogP contribution < -0.4 is 10.1 Å². The fourth-order valence-corrected chi connectivity index (χ4v) is 2.47. The summed E-state index contributed by atoms with van der Waals surface area (Å²) >= 11 is 9.67. The molecule has 2 rings (SSSR count). The zero-order valence-corrected chi connectivity index (χ0v) is 13.2.